The van der Waals surface area contributed by atoms with E-state index < -0.39 is 0 Å². The maximum absolute atomic E-state index is 5.92. The smallest absolute Gasteiger partial charge is 0.119 e. The first-order chi connectivity index (χ1) is 10.1. The van der Waals surface area contributed by atoms with Crippen molar-refractivity contribution in [2.45, 2.75) is 32.7 Å². The predicted molar refractivity (Wildman–Crippen MR) is 89.0 cm³/mol. The van der Waals surface area contributed by atoms with Gasteiger partial charge < -0.3 is 10.1 Å². The van der Waals surface area contributed by atoms with Crippen LogP contribution in [-0.4, -0.2) is 13.7 Å². The molecule has 0 aliphatic heterocycles. The third-order valence-electron chi connectivity index (χ3n) is 3.79. The van der Waals surface area contributed by atoms with Crippen LogP contribution in [0.2, 0.25) is 0 Å². The molecule has 0 bridgehead atoms. The standard InChI is InChI=1S/C19H25NO/c1-14(2)16-9-11-18(12-10-16)21-13-19(20-4)17-7-5-15(3)6-8-17/h5-12,14,19-20H,13H2,1-4H3. The number of nitrogens with one attached hydrogen (secondary N) is 1. The second-order valence-electron chi connectivity index (χ2n) is 5.79. The number of likely N-dealkylation sites (N-methyl/N-ethyl adjacent to an activating group) is 1. The van der Waals surface area contributed by atoms with E-state index in [2.05, 4.69) is 74.6 Å². The number of hydrogen-bond donors (Lipinski definition) is 1. The van der Waals surface area contributed by atoms with E-state index in [0.29, 0.717) is 12.5 Å². The lowest BCUT2D eigenvalue weighted by Gasteiger charge is -2.18. The third kappa shape index (κ3) is 4.33. The van der Waals surface area contributed by atoms with Gasteiger partial charge >= 0.3 is 0 Å². The Kier molecular flexibility index (Phi) is 5.40. The molecule has 2 aromatic carbocycles. The Labute approximate surface area is 128 Å². The first-order valence-electron chi connectivity index (χ1n) is 7.56. The fourth-order valence-electron chi connectivity index (χ4n) is 2.27. The molecule has 2 rings (SSSR count). The number of rotatable bonds is 6. The molecule has 0 saturated heterocycles. The molecule has 2 aromatic rings. The van der Waals surface area contributed by atoms with Crippen molar-refractivity contribution in [1.29, 1.82) is 0 Å². The van der Waals surface area contributed by atoms with Crippen LogP contribution >= 0.6 is 0 Å². The monoisotopic (exact) mass is 283 g/mol. The third-order valence-corrected chi connectivity index (χ3v) is 3.79. The molecule has 0 saturated carbocycles. The summed E-state index contributed by atoms with van der Waals surface area (Å²) < 4.78 is 5.92. The molecule has 0 heterocycles. The Morgan fingerprint density at radius 2 is 1.48 bits per heavy atom. The van der Waals surface area contributed by atoms with Gasteiger partial charge in [0, 0.05) is 0 Å². The molecule has 112 valence electrons. The Bertz CT molecular complexity index is 543. The van der Waals surface area contributed by atoms with E-state index >= 15 is 0 Å². The molecule has 0 aliphatic rings. The lowest BCUT2D eigenvalue weighted by molar-refractivity contribution is 0.273. The van der Waals surface area contributed by atoms with Gasteiger partial charge in [0.2, 0.25) is 0 Å². The van der Waals surface area contributed by atoms with Gasteiger partial charge in [-0.1, -0.05) is 55.8 Å². The van der Waals surface area contributed by atoms with Gasteiger partial charge in [-0.3, -0.25) is 0 Å². The van der Waals surface area contributed by atoms with Crippen LogP contribution in [0.1, 0.15) is 42.5 Å². The highest BCUT2D eigenvalue weighted by molar-refractivity contribution is 5.29. The zero-order valence-electron chi connectivity index (χ0n) is 13.4. The minimum atomic E-state index is 0.204. The molecule has 0 aliphatic carbocycles. The summed E-state index contributed by atoms with van der Waals surface area (Å²) in [7, 11) is 1.97. The molecule has 1 unspecified atom stereocenters. The lowest BCUT2D eigenvalue weighted by atomic mass is 10.0. The largest absolute Gasteiger partial charge is 0.492 e. The molecule has 0 spiro atoms. The zero-order chi connectivity index (χ0) is 15.2. The number of benzene rings is 2. The van der Waals surface area contributed by atoms with E-state index in [0.717, 1.165) is 5.75 Å². The summed E-state index contributed by atoms with van der Waals surface area (Å²) >= 11 is 0. The average molecular weight is 283 g/mol. The summed E-state index contributed by atoms with van der Waals surface area (Å²) in [5.41, 5.74) is 3.87. The molecule has 0 fully saturated rings. The van der Waals surface area contributed by atoms with E-state index in [1.165, 1.54) is 16.7 Å². The maximum atomic E-state index is 5.92. The SMILES string of the molecule is CNC(COc1ccc(C(C)C)cc1)c1ccc(C)cc1. The van der Waals surface area contributed by atoms with Crippen LogP contribution in [-0.2, 0) is 0 Å². The van der Waals surface area contributed by atoms with Gasteiger partial charge in [-0.25, -0.2) is 0 Å². The van der Waals surface area contributed by atoms with Crippen LogP contribution in [0.15, 0.2) is 48.5 Å². The molecule has 2 nitrogen and oxygen atoms in total. The van der Waals surface area contributed by atoms with Crippen LogP contribution in [0.4, 0.5) is 0 Å². The second-order valence-corrected chi connectivity index (χ2v) is 5.79. The van der Waals surface area contributed by atoms with E-state index in [1.807, 2.05) is 7.05 Å². The summed E-state index contributed by atoms with van der Waals surface area (Å²) in [4.78, 5) is 0. The lowest BCUT2D eigenvalue weighted by Crippen LogP contribution is -2.23. The summed E-state index contributed by atoms with van der Waals surface area (Å²) in [6.45, 7) is 7.13. The molecule has 21 heavy (non-hydrogen) atoms. The summed E-state index contributed by atoms with van der Waals surface area (Å²) in [5, 5.41) is 3.31. The first kappa shape index (κ1) is 15.6. The van der Waals surface area contributed by atoms with Crippen molar-refractivity contribution in [2.24, 2.45) is 0 Å². The van der Waals surface area contributed by atoms with Crippen molar-refractivity contribution >= 4 is 0 Å². The minimum Gasteiger partial charge on any atom is -0.492 e. The number of aryl methyl sites for hydroxylation is 1. The predicted octanol–water partition coefficient (Wildman–Crippen LogP) is 4.46. The second kappa shape index (κ2) is 7.28. The molecule has 1 atom stereocenters. The quantitative estimate of drug-likeness (QED) is 0.845. The topological polar surface area (TPSA) is 21.3 Å². The maximum Gasteiger partial charge on any atom is 0.119 e. The molecule has 0 aromatic heterocycles. The zero-order valence-corrected chi connectivity index (χ0v) is 13.4. The fourth-order valence-corrected chi connectivity index (χ4v) is 2.27. The van der Waals surface area contributed by atoms with Gasteiger partial charge in [-0.2, -0.15) is 0 Å². The molecule has 2 heteroatoms. The van der Waals surface area contributed by atoms with Gasteiger partial charge in [0.25, 0.3) is 0 Å². The van der Waals surface area contributed by atoms with Crippen molar-refractivity contribution in [2.75, 3.05) is 13.7 Å². The van der Waals surface area contributed by atoms with Crippen LogP contribution in [0.3, 0.4) is 0 Å². The Hall–Kier alpha value is -1.80. The van der Waals surface area contributed by atoms with E-state index in [4.69, 9.17) is 4.74 Å². The highest BCUT2D eigenvalue weighted by Gasteiger charge is 2.10. The molecular formula is C19H25NO. The Balaban J connectivity index is 1.98. The molecule has 1 N–H and O–H groups in total. The van der Waals surface area contributed by atoms with Crippen molar-refractivity contribution < 1.29 is 4.74 Å². The van der Waals surface area contributed by atoms with Crippen LogP contribution in [0.5, 0.6) is 5.75 Å². The van der Waals surface area contributed by atoms with Crippen molar-refractivity contribution in [1.82, 2.24) is 5.32 Å². The normalized spacial score (nSPS) is 12.4. The Morgan fingerprint density at radius 3 is 2.00 bits per heavy atom. The summed E-state index contributed by atoms with van der Waals surface area (Å²) in [5.74, 6) is 1.48. The van der Waals surface area contributed by atoms with Gasteiger partial charge in [0.15, 0.2) is 0 Å². The van der Waals surface area contributed by atoms with Crippen molar-refractivity contribution in [3.8, 4) is 5.75 Å². The summed E-state index contributed by atoms with van der Waals surface area (Å²) in [6, 6.07) is 17.2. The highest BCUT2D eigenvalue weighted by atomic mass is 16.5. The Morgan fingerprint density at radius 1 is 0.905 bits per heavy atom. The van der Waals surface area contributed by atoms with Gasteiger partial charge in [0.05, 0.1) is 6.04 Å². The molecular weight excluding hydrogens is 258 g/mol. The van der Waals surface area contributed by atoms with Gasteiger partial charge in [-0.15, -0.1) is 0 Å². The van der Waals surface area contributed by atoms with Gasteiger partial charge in [-0.05, 0) is 43.1 Å². The molecule has 0 radical (unpaired) electrons. The first-order valence-corrected chi connectivity index (χ1v) is 7.56. The fraction of sp³-hybridized carbons (Fsp3) is 0.368. The molecule has 0 amide bonds. The van der Waals surface area contributed by atoms with E-state index in [1.54, 1.807) is 0 Å². The van der Waals surface area contributed by atoms with Crippen LogP contribution < -0.4 is 10.1 Å². The number of ether oxygens (including phenoxy) is 1. The van der Waals surface area contributed by atoms with Crippen molar-refractivity contribution in [3.63, 3.8) is 0 Å². The summed E-state index contributed by atoms with van der Waals surface area (Å²) in [6.07, 6.45) is 0. The van der Waals surface area contributed by atoms with Crippen LogP contribution in [0, 0.1) is 6.92 Å². The van der Waals surface area contributed by atoms with Crippen molar-refractivity contribution in [3.05, 3.63) is 65.2 Å². The number of hydrogen-bond acceptors (Lipinski definition) is 2. The van der Waals surface area contributed by atoms with Crippen LogP contribution in [0.25, 0.3) is 0 Å². The van der Waals surface area contributed by atoms with E-state index in [-0.39, 0.29) is 6.04 Å². The average Bonchev–Trinajstić information content (AvgIpc) is 2.50. The minimum absolute atomic E-state index is 0.204. The van der Waals surface area contributed by atoms with E-state index in [9.17, 15) is 0 Å². The van der Waals surface area contributed by atoms with Gasteiger partial charge in [0.1, 0.15) is 12.4 Å². The highest BCUT2D eigenvalue weighted by Crippen LogP contribution is 2.20.